The molecule has 0 unspecified atom stereocenters. The quantitative estimate of drug-likeness (QED) is 0.152. The third-order valence-electron chi connectivity index (χ3n) is 12.7. The summed E-state index contributed by atoms with van der Waals surface area (Å²) in [5, 5.41) is 7.07. The topological polar surface area (TPSA) is 16.4 Å². The maximum atomic E-state index is 6.61. The van der Waals surface area contributed by atoms with Crippen LogP contribution >= 0.6 is 0 Å². The molecule has 0 saturated heterocycles. The minimum Gasteiger partial charge on any atom is -0.455 e. The molecule has 12 rings (SSSR count). The Morgan fingerprint density at radius 1 is 0.266 bits per heavy atom. The van der Waals surface area contributed by atoms with Crippen LogP contribution in [0.25, 0.3) is 99.1 Å². The second kappa shape index (κ2) is 15.8. The summed E-state index contributed by atoms with van der Waals surface area (Å²) >= 11 is 0. The van der Waals surface area contributed by atoms with Crippen LogP contribution in [0, 0.1) is 0 Å². The Kier molecular flexibility index (Phi) is 9.20. The van der Waals surface area contributed by atoms with Crippen molar-refractivity contribution in [3.05, 3.63) is 249 Å². The molecule has 0 N–H and O–H groups in total. The van der Waals surface area contributed by atoms with Gasteiger partial charge in [-0.05, 0) is 126 Å². The van der Waals surface area contributed by atoms with E-state index in [-0.39, 0.29) is 0 Å². The van der Waals surface area contributed by atoms with Crippen molar-refractivity contribution < 1.29 is 4.42 Å². The molecule has 0 saturated carbocycles. The number of nitrogens with zero attached hydrogens (tertiary/aromatic N) is 1. The average Bonchev–Trinajstić information content (AvgIpc) is 3.77. The van der Waals surface area contributed by atoms with Gasteiger partial charge in [-0.15, -0.1) is 0 Å². The molecule has 0 fully saturated rings. The van der Waals surface area contributed by atoms with Gasteiger partial charge in [0.05, 0.1) is 0 Å². The molecule has 11 aromatic carbocycles. The number of rotatable bonds is 8. The fourth-order valence-electron chi connectivity index (χ4n) is 9.49. The Bertz CT molecular complexity index is 3630. The van der Waals surface area contributed by atoms with E-state index in [1.165, 1.54) is 60.7 Å². The van der Waals surface area contributed by atoms with E-state index in [2.05, 4.69) is 254 Å². The molecule has 0 radical (unpaired) electrons. The van der Waals surface area contributed by atoms with E-state index >= 15 is 0 Å². The van der Waals surface area contributed by atoms with Crippen molar-refractivity contribution in [1.29, 1.82) is 0 Å². The molecular weight excluding hydrogens is 775 g/mol. The largest absolute Gasteiger partial charge is 0.455 e. The molecule has 2 heteroatoms. The lowest BCUT2D eigenvalue weighted by Gasteiger charge is -2.26. The lowest BCUT2D eigenvalue weighted by molar-refractivity contribution is 0.673. The van der Waals surface area contributed by atoms with E-state index in [4.69, 9.17) is 4.42 Å². The highest BCUT2D eigenvalue weighted by Gasteiger charge is 2.18. The van der Waals surface area contributed by atoms with Gasteiger partial charge >= 0.3 is 0 Å². The maximum absolute atomic E-state index is 6.61. The summed E-state index contributed by atoms with van der Waals surface area (Å²) in [7, 11) is 0. The zero-order chi connectivity index (χ0) is 42.4. The second-order valence-electron chi connectivity index (χ2n) is 16.5. The van der Waals surface area contributed by atoms with Crippen LogP contribution in [0.15, 0.2) is 253 Å². The Balaban J connectivity index is 0.934. The smallest absolute Gasteiger partial charge is 0.143 e. The molecule has 64 heavy (non-hydrogen) atoms. The van der Waals surface area contributed by atoms with Crippen LogP contribution in [0.5, 0.6) is 0 Å². The summed E-state index contributed by atoms with van der Waals surface area (Å²) in [6.45, 7) is 0. The van der Waals surface area contributed by atoms with E-state index in [1.807, 2.05) is 0 Å². The van der Waals surface area contributed by atoms with Gasteiger partial charge < -0.3 is 9.32 Å². The first-order valence-corrected chi connectivity index (χ1v) is 21.9. The molecule has 300 valence electrons. The second-order valence-corrected chi connectivity index (χ2v) is 16.5. The Labute approximate surface area is 372 Å². The van der Waals surface area contributed by atoms with Gasteiger partial charge in [0.2, 0.25) is 0 Å². The standard InChI is InChI=1S/C62H41NO/c1-2-12-42(13-3-1)49-17-8-18-50(40-49)45-32-37-53(38-33-45)63(52-35-30-44(31-36-52)43-26-28-48(29-27-43)56-23-10-16-46-14-4-6-21-55(46)56)54-20-9-19-51(41-54)57-24-11-25-60-61(57)59-39-34-47-15-5-7-22-58(47)62(59)64-60/h1-41H. The summed E-state index contributed by atoms with van der Waals surface area (Å²) in [4.78, 5) is 2.36. The molecule has 0 aliphatic rings. The lowest BCUT2D eigenvalue weighted by atomic mass is 9.96. The fourth-order valence-corrected chi connectivity index (χ4v) is 9.49. The molecule has 1 heterocycles. The number of hydrogen-bond acceptors (Lipinski definition) is 2. The van der Waals surface area contributed by atoms with E-state index < -0.39 is 0 Å². The molecule has 0 amide bonds. The highest BCUT2D eigenvalue weighted by Crippen LogP contribution is 2.43. The van der Waals surface area contributed by atoms with Gasteiger partial charge in [0, 0.05) is 33.2 Å². The van der Waals surface area contributed by atoms with Crippen molar-refractivity contribution in [2.45, 2.75) is 0 Å². The fraction of sp³-hybridized carbons (Fsp3) is 0. The van der Waals surface area contributed by atoms with Gasteiger partial charge in [0.1, 0.15) is 11.2 Å². The van der Waals surface area contributed by atoms with E-state index in [9.17, 15) is 0 Å². The molecule has 0 spiro atoms. The van der Waals surface area contributed by atoms with Gasteiger partial charge in [-0.2, -0.15) is 0 Å². The van der Waals surface area contributed by atoms with Crippen LogP contribution in [0.3, 0.4) is 0 Å². The first-order chi connectivity index (χ1) is 31.7. The van der Waals surface area contributed by atoms with Crippen LogP contribution in [0.2, 0.25) is 0 Å². The van der Waals surface area contributed by atoms with Crippen LogP contribution < -0.4 is 4.90 Å². The van der Waals surface area contributed by atoms with Crippen molar-refractivity contribution >= 4 is 60.5 Å². The van der Waals surface area contributed by atoms with Gasteiger partial charge in [-0.3, -0.25) is 0 Å². The molecular formula is C62H41NO. The molecule has 2 nitrogen and oxygen atoms in total. The van der Waals surface area contributed by atoms with E-state index in [0.29, 0.717) is 0 Å². The van der Waals surface area contributed by atoms with Crippen molar-refractivity contribution in [2.75, 3.05) is 4.90 Å². The Hall–Kier alpha value is -8.46. The third-order valence-corrected chi connectivity index (χ3v) is 12.7. The van der Waals surface area contributed by atoms with Crippen LogP contribution in [-0.4, -0.2) is 0 Å². The molecule has 0 aliphatic heterocycles. The average molecular weight is 816 g/mol. The van der Waals surface area contributed by atoms with Gasteiger partial charge in [-0.25, -0.2) is 0 Å². The molecule has 0 atom stereocenters. The Morgan fingerprint density at radius 2 is 0.766 bits per heavy atom. The number of anilines is 3. The van der Waals surface area contributed by atoms with Gasteiger partial charge in [-0.1, -0.05) is 194 Å². The minimum absolute atomic E-state index is 0.888. The third kappa shape index (κ3) is 6.70. The predicted octanol–water partition coefficient (Wildman–Crippen LogP) is 17.7. The minimum atomic E-state index is 0.888. The van der Waals surface area contributed by atoms with Crippen LogP contribution in [0.1, 0.15) is 0 Å². The summed E-state index contributed by atoms with van der Waals surface area (Å²) < 4.78 is 6.61. The number of benzene rings is 11. The van der Waals surface area contributed by atoms with Crippen LogP contribution in [-0.2, 0) is 0 Å². The molecule has 1 aromatic heterocycles. The number of hydrogen-bond donors (Lipinski definition) is 0. The summed E-state index contributed by atoms with van der Waals surface area (Å²) in [5.74, 6) is 0. The molecule has 12 aromatic rings. The van der Waals surface area contributed by atoms with Crippen molar-refractivity contribution in [3.8, 4) is 55.6 Å². The SMILES string of the molecule is c1ccc(-c2cccc(-c3ccc(N(c4ccc(-c5ccc(-c6cccc7ccccc67)cc5)cc4)c4cccc(-c5cccc6oc7c8ccccc8ccc7c56)c4)cc3)c2)cc1. The zero-order valence-electron chi connectivity index (χ0n) is 35.0. The number of fused-ring (bicyclic) bond motifs is 6. The summed E-state index contributed by atoms with van der Waals surface area (Å²) in [5.41, 5.74) is 16.9. The first kappa shape index (κ1) is 37.3. The molecule has 0 aliphatic carbocycles. The monoisotopic (exact) mass is 815 g/mol. The summed E-state index contributed by atoms with van der Waals surface area (Å²) in [6, 6.07) is 89.6. The highest BCUT2D eigenvalue weighted by molar-refractivity contribution is 6.19. The van der Waals surface area contributed by atoms with E-state index in [1.54, 1.807) is 0 Å². The van der Waals surface area contributed by atoms with Gasteiger partial charge in [0.25, 0.3) is 0 Å². The van der Waals surface area contributed by atoms with Gasteiger partial charge in [0.15, 0.2) is 0 Å². The predicted molar refractivity (Wildman–Crippen MR) is 271 cm³/mol. The number of furan rings is 1. The normalized spacial score (nSPS) is 11.4. The van der Waals surface area contributed by atoms with E-state index in [0.717, 1.165) is 55.5 Å². The lowest BCUT2D eigenvalue weighted by Crippen LogP contribution is -2.10. The maximum Gasteiger partial charge on any atom is 0.143 e. The zero-order valence-corrected chi connectivity index (χ0v) is 35.0. The van der Waals surface area contributed by atoms with Crippen molar-refractivity contribution in [3.63, 3.8) is 0 Å². The first-order valence-electron chi connectivity index (χ1n) is 21.9. The van der Waals surface area contributed by atoms with Crippen LogP contribution in [0.4, 0.5) is 17.1 Å². The molecule has 0 bridgehead atoms. The Morgan fingerprint density at radius 3 is 1.50 bits per heavy atom. The summed E-state index contributed by atoms with van der Waals surface area (Å²) in [6.07, 6.45) is 0. The highest BCUT2D eigenvalue weighted by atomic mass is 16.3. The van der Waals surface area contributed by atoms with Crippen molar-refractivity contribution in [1.82, 2.24) is 0 Å². The van der Waals surface area contributed by atoms with Crippen molar-refractivity contribution in [2.24, 2.45) is 0 Å².